The summed E-state index contributed by atoms with van der Waals surface area (Å²) in [4.78, 5) is 22.5. The predicted molar refractivity (Wildman–Crippen MR) is 66.7 cm³/mol. The number of nitrogens with one attached hydrogen (secondary N) is 2. The van der Waals surface area contributed by atoms with Crippen molar-refractivity contribution in [2.24, 2.45) is 5.41 Å². The van der Waals surface area contributed by atoms with Crippen LogP contribution in [0, 0.1) is 5.41 Å². The van der Waals surface area contributed by atoms with Crippen LogP contribution in [0.4, 0.5) is 4.79 Å². The van der Waals surface area contributed by atoms with Gasteiger partial charge in [-0.05, 0) is 25.7 Å². The fraction of sp³-hybridized carbons (Fsp3) is 0.818. The van der Waals surface area contributed by atoms with Crippen molar-refractivity contribution in [3.8, 4) is 0 Å². The zero-order chi connectivity index (χ0) is 13.2. The van der Waals surface area contributed by atoms with E-state index >= 15 is 0 Å². The molecule has 0 aromatic rings. The van der Waals surface area contributed by atoms with Crippen molar-refractivity contribution in [3.63, 3.8) is 0 Å². The Morgan fingerprint density at radius 3 is 2.39 bits per heavy atom. The molecule has 3 N–H and O–H groups in total. The van der Waals surface area contributed by atoms with Gasteiger partial charge in [0.2, 0.25) is 0 Å². The van der Waals surface area contributed by atoms with Crippen LogP contribution in [-0.4, -0.2) is 45.4 Å². The minimum absolute atomic E-state index is 0.0580. The fourth-order valence-electron chi connectivity index (χ4n) is 2.04. The molecule has 6 nitrogen and oxygen atoms in total. The van der Waals surface area contributed by atoms with E-state index in [4.69, 9.17) is 5.11 Å². The summed E-state index contributed by atoms with van der Waals surface area (Å²) in [6.45, 7) is 0.187. The number of carbonyl (C=O) groups is 2. The lowest BCUT2D eigenvalue weighted by molar-refractivity contribution is -0.143. The van der Waals surface area contributed by atoms with Crippen LogP contribution in [0.15, 0.2) is 0 Å². The minimum Gasteiger partial charge on any atom is -0.481 e. The van der Waals surface area contributed by atoms with Gasteiger partial charge < -0.3 is 15.7 Å². The number of rotatable bonds is 4. The molecule has 2 amide bonds. The average molecular weight is 274 g/mol. The Morgan fingerprint density at radius 2 is 1.89 bits per heavy atom. The van der Waals surface area contributed by atoms with Crippen LogP contribution in [0.5, 0.6) is 0 Å². The topological polar surface area (TPSA) is 95.5 Å². The highest BCUT2D eigenvalue weighted by atomic mass is 32.2. The summed E-state index contributed by atoms with van der Waals surface area (Å²) < 4.78 is 11.2. The van der Waals surface area contributed by atoms with E-state index in [9.17, 15) is 13.8 Å². The first-order valence-electron chi connectivity index (χ1n) is 6.15. The number of amides is 2. The van der Waals surface area contributed by atoms with Crippen molar-refractivity contribution in [1.29, 1.82) is 0 Å². The van der Waals surface area contributed by atoms with Crippen molar-refractivity contribution >= 4 is 22.8 Å². The molecular weight excluding hydrogens is 256 g/mol. The van der Waals surface area contributed by atoms with Crippen molar-refractivity contribution < 1.29 is 18.9 Å². The molecule has 1 saturated carbocycles. The quantitative estimate of drug-likeness (QED) is 0.675. The highest BCUT2D eigenvalue weighted by Gasteiger charge is 2.50. The lowest BCUT2D eigenvalue weighted by Gasteiger charge is -2.23. The molecule has 1 aliphatic carbocycles. The number of carbonyl (C=O) groups excluding carboxylic acids is 1. The van der Waals surface area contributed by atoms with Gasteiger partial charge in [0.05, 0.1) is 5.41 Å². The summed E-state index contributed by atoms with van der Waals surface area (Å²) >= 11 is 0. The average Bonchev–Trinajstić information content (AvgIpc) is 3.11. The third-order valence-electron chi connectivity index (χ3n) is 3.62. The Morgan fingerprint density at radius 1 is 1.28 bits per heavy atom. The second-order valence-corrected chi connectivity index (χ2v) is 6.73. The second-order valence-electron chi connectivity index (χ2n) is 5.03. The van der Waals surface area contributed by atoms with E-state index in [2.05, 4.69) is 10.6 Å². The van der Waals surface area contributed by atoms with Gasteiger partial charge in [0.15, 0.2) is 0 Å². The number of hydrogen-bond acceptors (Lipinski definition) is 3. The molecule has 1 saturated heterocycles. The van der Waals surface area contributed by atoms with Gasteiger partial charge in [-0.2, -0.15) is 0 Å². The van der Waals surface area contributed by atoms with Crippen LogP contribution in [0.1, 0.15) is 25.7 Å². The molecule has 1 heterocycles. The van der Waals surface area contributed by atoms with Crippen molar-refractivity contribution in [1.82, 2.24) is 10.6 Å². The van der Waals surface area contributed by atoms with Crippen LogP contribution in [0.25, 0.3) is 0 Å². The van der Waals surface area contributed by atoms with Gasteiger partial charge in [0.25, 0.3) is 0 Å². The zero-order valence-corrected chi connectivity index (χ0v) is 10.9. The highest BCUT2D eigenvalue weighted by molar-refractivity contribution is 7.85. The Kier molecular flexibility index (Phi) is 3.89. The third-order valence-corrected chi connectivity index (χ3v) is 5.00. The molecule has 0 bridgehead atoms. The Bertz CT molecular complexity index is 371. The molecular formula is C11H18N2O4S. The van der Waals surface area contributed by atoms with Crippen molar-refractivity contribution in [2.45, 2.75) is 31.7 Å². The Balaban J connectivity index is 1.69. The molecule has 1 aliphatic heterocycles. The number of carboxylic acid groups (broad SMARTS) is 1. The monoisotopic (exact) mass is 274 g/mol. The molecule has 0 unspecified atom stereocenters. The smallest absolute Gasteiger partial charge is 0.315 e. The minimum atomic E-state index is -0.837. The van der Waals surface area contributed by atoms with Crippen LogP contribution < -0.4 is 10.6 Å². The first-order chi connectivity index (χ1) is 8.52. The van der Waals surface area contributed by atoms with Crippen molar-refractivity contribution in [3.05, 3.63) is 0 Å². The van der Waals surface area contributed by atoms with Crippen LogP contribution in [0.3, 0.4) is 0 Å². The maximum absolute atomic E-state index is 11.6. The summed E-state index contributed by atoms with van der Waals surface area (Å²) in [7, 11) is -0.739. The van der Waals surface area contributed by atoms with Crippen LogP contribution in [-0.2, 0) is 15.6 Å². The second kappa shape index (κ2) is 5.26. The molecule has 7 heteroatoms. The predicted octanol–water partition coefficient (Wildman–Crippen LogP) is 0.0615. The molecule has 2 aliphatic rings. The Hall–Kier alpha value is -1.11. The number of hydrogen-bond donors (Lipinski definition) is 3. The van der Waals surface area contributed by atoms with Gasteiger partial charge >= 0.3 is 12.0 Å². The molecule has 2 fully saturated rings. The summed E-state index contributed by atoms with van der Waals surface area (Å²) in [5.41, 5.74) is -0.731. The number of carboxylic acids is 1. The lowest BCUT2D eigenvalue weighted by atomic mass is 10.1. The van der Waals surface area contributed by atoms with Gasteiger partial charge in [-0.15, -0.1) is 0 Å². The molecule has 0 atom stereocenters. The number of urea groups is 1. The molecule has 0 spiro atoms. The Labute approximate surface area is 108 Å². The van der Waals surface area contributed by atoms with E-state index < -0.39 is 22.2 Å². The standard InChI is InChI=1S/C11H18N2O4S/c14-9(15)11(3-4-11)7-12-10(16)13-8-1-5-18(17)6-2-8/h8H,1-7H2,(H,14,15)(H2,12,13,16). The van der Waals surface area contributed by atoms with E-state index in [1.807, 2.05) is 0 Å². The molecule has 0 aromatic heterocycles. The van der Waals surface area contributed by atoms with Gasteiger partial charge in [-0.3, -0.25) is 9.00 Å². The normalized spacial score (nSPS) is 29.3. The van der Waals surface area contributed by atoms with Gasteiger partial charge in [0, 0.05) is 34.9 Å². The largest absolute Gasteiger partial charge is 0.481 e. The van der Waals surface area contributed by atoms with Gasteiger partial charge in [0.1, 0.15) is 0 Å². The highest BCUT2D eigenvalue weighted by Crippen LogP contribution is 2.45. The van der Waals surface area contributed by atoms with Crippen LogP contribution >= 0.6 is 0 Å². The fourth-order valence-corrected chi connectivity index (χ4v) is 3.34. The number of aliphatic carboxylic acids is 1. The van der Waals surface area contributed by atoms with Crippen molar-refractivity contribution in [2.75, 3.05) is 18.1 Å². The molecule has 2 rings (SSSR count). The zero-order valence-electron chi connectivity index (χ0n) is 10.1. The maximum atomic E-state index is 11.6. The van der Waals surface area contributed by atoms with E-state index in [1.165, 1.54) is 0 Å². The summed E-state index contributed by atoms with van der Waals surface area (Å²) in [5.74, 6) is 0.421. The SMILES string of the molecule is O=C(NCC1(C(=O)O)CC1)NC1CCS(=O)CC1. The summed E-state index contributed by atoms with van der Waals surface area (Å²) in [5, 5.41) is 14.4. The van der Waals surface area contributed by atoms with E-state index in [1.54, 1.807) is 0 Å². The van der Waals surface area contributed by atoms with Gasteiger partial charge in [-0.25, -0.2) is 4.79 Å². The van der Waals surface area contributed by atoms with E-state index in [-0.39, 0.29) is 18.6 Å². The summed E-state index contributed by atoms with van der Waals surface area (Å²) in [6.07, 6.45) is 2.71. The van der Waals surface area contributed by atoms with Gasteiger partial charge in [-0.1, -0.05) is 0 Å². The molecule has 0 aromatic carbocycles. The van der Waals surface area contributed by atoms with Crippen LogP contribution in [0.2, 0.25) is 0 Å². The van der Waals surface area contributed by atoms with E-state index in [0.29, 0.717) is 24.3 Å². The first kappa shape index (κ1) is 13.3. The third kappa shape index (κ3) is 3.22. The van der Waals surface area contributed by atoms with E-state index in [0.717, 1.165) is 12.8 Å². The first-order valence-corrected chi connectivity index (χ1v) is 7.63. The molecule has 18 heavy (non-hydrogen) atoms. The lowest BCUT2D eigenvalue weighted by Crippen LogP contribution is -2.46. The molecule has 0 radical (unpaired) electrons. The maximum Gasteiger partial charge on any atom is 0.315 e. The molecule has 102 valence electrons. The summed E-state index contributed by atoms with van der Waals surface area (Å²) in [6, 6.07) is -0.261.